The van der Waals surface area contributed by atoms with Crippen LogP contribution in [0, 0.1) is 13.8 Å². The number of carbonyl (C=O) groups is 1. The van der Waals surface area contributed by atoms with E-state index in [2.05, 4.69) is 15.6 Å². The third-order valence-electron chi connectivity index (χ3n) is 3.03. The van der Waals surface area contributed by atoms with Gasteiger partial charge in [-0.25, -0.2) is 4.98 Å². The Labute approximate surface area is 119 Å². The molecule has 4 nitrogen and oxygen atoms in total. The Hall–Kier alpha value is -2.36. The summed E-state index contributed by atoms with van der Waals surface area (Å²) in [4.78, 5) is 16.6. The van der Waals surface area contributed by atoms with Crippen molar-refractivity contribution in [3.05, 3.63) is 53.2 Å². The first-order valence-electron chi connectivity index (χ1n) is 6.69. The molecule has 0 saturated heterocycles. The van der Waals surface area contributed by atoms with Crippen molar-refractivity contribution in [1.82, 2.24) is 4.98 Å². The summed E-state index contributed by atoms with van der Waals surface area (Å²) in [5.74, 6) is 0.447. The molecule has 4 heteroatoms. The molecule has 1 amide bonds. The Balaban J connectivity index is 2.27. The van der Waals surface area contributed by atoms with Crippen LogP contribution in [-0.4, -0.2) is 17.4 Å². The van der Waals surface area contributed by atoms with Gasteiger partial charge in [-0.05, 0) is 50.1 Å². The fraction of sp³-hybridized carbons (Fsp3) is 0.250. The molecule has 0 saturated carbocycles. The molecule has 0 spiro atoms. The molecule has 0 unspecified atom stereocenters. The van der Waals surface area contributed by atoms with E-state index in [4.69, 9.17) is 0 Å². The van der Waals surface area contributed by atoms with Crippen molar-refractivity contribution in [1.29, 1.82) is 0 Å². The number of hydrogen-bond donors (Lipinski definition) is 2. The van der Waals surface area contributed by atoms with Crippen molar-refractivity contribution in [2.45, 2.75) is 20.8 Å². The molecular formula is C16H19N3O. The number of carbonyl (C=O) groups excluding carboxylic acids is 1. The third kappa shape index (κ3) is 3.15. The number of benzene rings is 1. The Bertz CT molecular complexity index is 623. The highest BCUT2D eigenvalue weighted by Gasteiger charge is 2.12. The average molecular weight is 269 g/mol. The van der Waals surface area contributed by atoms with Crippen LogP contribution < -0.4 is 10.6 Å². The van der Waals surface area contributed by atoms with E-state index < -0.39 is 0 Å². The maximum Gasteiger partial charge on any atom is 0.258 e. The van der Waals surface area contributed by atoms with Gasteiger partial charge in [-0.2, -0.15) is 0 Å². The van der Waals surface area contributed by atoms with Crippen LogP contribution in [0.25, 0.3) is 0 Å². The van der Waals surface area contributed by atoms with Crippen LogP contribution in [0.15, 0.2) is 36.5 Å². The number of aryl methyl sites for hydroxylation is 2. The first-order valence-corrected chi connectivity index (χ1v) is 6.69. The number of aromatic nitrogens is 1. The van der Waals surface area contributed by atoms with Gasteiger partial charge in [0.15, 0.2) is 0 Å². The number of anilines is 2. The highest BCUT2D eigenvalue weighted by atomic mass is 16.1. The largest absolute Gasteiger partial charge is 0.385 e. The summed E-state index contributed by atoms with van der Waals surface area (Å²) >= 11 is 0. The van der Waals surface area contributed by atoms with Gasteiger partial charge in [0.25, 0.3) is 5.91 Å². The minimum Gasteiger partial charge on any atom is -0.385 e. The van der Waals surface area contributed by atoms with Crippen molar-refractivity contribution in [2.24, 2.45) is 0 Å². The zero-order chi connectivity index (χ0) is 14.5. The minimum absolute atomic E-state index is 0.150. The van der Waals surface area contributed by atoms with Crippen molar-refractivity contribution >= 4 is 17.4 Å². The molecule has 0 aliphatic heterocycles. The van der Waals surface area contributed by atoms with Gasteiger partial charge < -0.3 is 10.6 Å². The van der Waals surface area contributed by atoms with E-state index in [1.165, 1.54) is 0 Å². The lowest BCUT2D eigenvalue weighted by molar-refractivity contribution is 0.102. The van der Waals surface area contributed by atoms with Gasteiger partial charge in [0.05, 0.1) is 5.56 Å². The molecule has 1 aromatic carbocycles. The fourth-order valence-corrected chi connectivity index (χ4v) is 1.98. The predicted octanol–water partition coefficient (Wildman–Crippen LogP) is 3.38. The molecule has 1 heterocycles. The monoisotopic (exact) mass is 269 g/mol. The second-order valence-corrected chi connectivity index (χ2v) is 4.70. The molecule has 2 aromatic rings. The van der Waals surface area contributed by atoms with Gasteiger partial charge in [0.2, 0.25) is 0 Å². The third-order valence-corrected chi connectivity index (χ3v) is 3.03. The summed E-state index contributed by atoms with van der Waals surface area (Å²) in [5, 5.41) is 6.07. The minimum atomic E-state index is -0.150. The van der Waals surface area contributed by atoms with Crippen molar-refractivity contribution in [3.8, 4) is 0 Å². The van der Waals surface area contributed by atoms with Gasteiger partial charge in [0.1, 0.15) is 5.82 Å². The molecule has 0 bridgehead atoms. The number of nitrogens with zero attached hydrogens (tertiary/aromatic N) is 1. The van der Waals surface area contributed by atoms with Crippen LogP contribution in [0.1, 0.15) is 28.4 Å². The number of pyridine rings is 1. The lowest BCUT2D eigenvalue weighted by atomic mass is 10.1. The molecule has 2 N–H and O–H groups in total. The maximum atomic E-state index is 12.4. The number of nitrogens with one attached hydrogen (secondary N) is 2. The van der Waals surface area contributed by atoms with E-state index >= 15 is 0 Å². The van der Waals surface area contributed by atoms with E-state index in [1.54, 1.807) is 6.20 Å². The van der Waals surface area contributed by atoms with Gasteiger partial charge in [-0.15, -0.1) is 0 Å². The van der Waals surface area contributed by atoms with Crippen LogP contribution in [0.4, 0.5) is 11.5 Å². The van der Waals surface area contributed by atoms with Crippen LogP contribution in [0.5, 0.6) is 0 Å². The molecule has 20 heavy (non-hydrogen) atoms. The smallest absolute Gasteiger partial charge is 0.258 e. The van der Waals surface area contributed by atoms with E-state index in [0.29, 0.717) is 11.4 Å². The molecule has 104 valence electrons. The molecule has 0 aliphatic rings. The van der Waals surface area contributed by atoms with Crippen molar-refractivity contribution in [2.75, 3.05) is 17.2 Å². The van der Waals surface area contributed by atoms with Crippen LogP contribution in [-0.2, 0) is 0 Å². The van der Waals surface area contributed by atoms with E-state index in [-0.39, 0.29) is 5.91 Å². The second-order valence-electron chi connectivity index (χ2n) is 4.70. The van der Waals surface area contributed by atoms with Gasteiger partial charge >= 0.3 is 0 Å². The topological polar surface area (TPSA) is 54.0 Å². The summed E-state index contributed by atoms with van der Waals surface area (Å²) in [5.41, 5.74) is 3.53. The zero-order valence-electron chi connectivity index (χ0n) is 12.0. The Morgan fingerprint density at radius 2 is 2.05 bits per heavy atom. The molecule has 2 rings (SSSR count). The Morgan fingerprint density at radius 3 is 2.75 bits per heavy atom. The van der Waals surface area contributed by atoms with Crippen molar-refractivity contribution in [3.63, 3.8) is 0 Å². The lowest BCUT2D eigenvalue weighted by Crippen LogP contribution is -2.16. The number of hydrogen-bond acceptors (Lipinski definition) is 3. The average Bonchev–Trinajstić information content (AvgIpc) is 2.42. The number of amides is 1. The fourth-order valence-electron chi connectivity index (χ4n) is 1.98. The predicted molar refractivity (Wildman–Crippen MR) is 82.3 cm³/mol. The van der Waals surface area contributed by atoms with E-state index in [1.807, 2.05) is 51.1 Å². The Kier molecular flexibility index (Phi) is 4.35. The molecule has 1 aromatic heterocycles. The quantitative estimate of drug-likeness (QED) is 0.894. The van der Waals surface area contributed by atoms with Crippen LogP contribution in [0.3, 0.4) is 0 Å². The maximum absolute atomic E-state index is 12.4. The van der Waals surface area contributed by atoms with E-state index in [0.717, 1.165) is 23.4 Å². The summed E-state index contributed by atoms with van der Waals surface area (Å²) in [6, 6.07) is 9.51. The second kappa shape index (κ2) is 6.19. The first kappa shape index (κ1) is 14.1. The Morgan fingerprint density at radius 1 is 1.25 bits per heavy atom. The first-order chi connectivity index (χ1) is 9.61. The summed E-state index contributed by atoms with van der Waals surface area (Å²) in [6.07, 6.45) is 1.67. The summed E-state index contributed by atoms with van der Waals surface area (Å²) in [7, 11) is 0. The normalized spacial score (nSPS) is 10.2. The van der Waals surface area contributed by atoms with E-state index in [9.17, 15) is 4.79 Å². The molecule has 0 fully saturated rings. The lowest BCUT2D eigenvalue weighted by Gasteiger charge is -2.12. The molecule has 0 aliphatic carbocycles. The number of rotatable bonds is 4. The van der Waals surface area contributed by atoms with Crippen LogP contribution in [0.2, 0.25) is 0 Å². The molecular weight excluding hydrogens is 250 g/mol. The molecule has 0 radical (unpaired) electrons. The highest BCUT2D eigenvalue weighted by molar-refractivity contribution is 6.08. The van der Waals surface area contributed by atoms with Crippen molar-refractivity contribution < 1.29 is 4.79 Å². The van der Waals surface area contributed by atoms with Gasteiger partial charge in [0, 0.05) is 18.4 Å². The summed E-state index contributed by atoms with van der Waals surface area (Å²) < 4.78 is 0. The highest BCUT2D eigenvalue weighted by Crippen LogP contribution is 2.19. The zero-order valence-corrected chi connectivity index (χ0v) is 12.0. The SMILES string of the molecule is CCNc1cc(C)ccc1C(=O)Nc1ncccc1C. The molecule has 0 atom stereocenters. The van der Waals surface area contributed by atoms with Crippen LogP contribution >= 0.6 is 0 Å². The summed E-state index contributed by atoms with van der Waals surface area (Å²) in [6.45, 7) is 6.70. The standard InChI is InChI=1S/C16H19N3O/c1-4-17-14-10-11(2)7-8-13(14)16(20)19-15-12(3)6-5-9-18-15/h5-10,17H,4H2,1-3H3,(H,18,19,20). The van der Waals surface area contributed by atoms with Gasteiger partial charge in [-0.1, -0.05) is 12.1 Å². The van der Waals surface area contributed by atoms with Gasteiger partial charge in [-0.3, -0.25) is 4.79 Å².